The fraction of sp³-hybridized carbons (Fsp3) is 0. The number of benzene rings is 1. The van der Waals surface area contributed by atoms with Crippen LogP contribution in [0.5, 0.6) is 5.75 Å². The van der Waals surface area contributed by atoms with Gasteiger partial charge in [-0.15, -0.1) is 10.2 Å². The quantitative estimate of drug-likeness (QED) is 0.749. The molecule has 1 heterocycles. The molecule has 3 N–H and O–H groups in total. The van der Waals surface area contributed by atoms with Gasteiger partial charge in [-0.05, 0) is 17.3 Å². The van der Waals surface area contributed by atoms with Crippen molar-refractivity contribution in [3.63, 3.8) is 0 Å². The van der Waals surface area contributed by atoms with E-state index in [1.54, 1.807) is 0 Å². The Balaban J connectivity index is 2.32. The maximum atomic E-state index is 9.47. The van der Waals surface area contributed by atoms with Gasteiger partial charge in [0.2, 0.25) is 5.82 Å². The third kappa shape index (κ3) is 2.76. The van der Waals surface area contributed by atoms with Gasteiger partial charge in [0.05, 0.1) is 10.7 Å². The van der Waals surface area contributed by atoms with E-state index >= 15 is 0 Å². The molecule has 0 unspecified atom stereocenters. The summed E-state index contributed by atoms with van der Waals surface area (Å²) in [4.78, 5) is 0. The summed E-state index contributed by atoms with van der Waals surface area (Å²) in [5.41, 5.74) is 0.406. The molecule has 0 spiro atoms. The zero-order valence-electron chi connectivity index (χ0n) is 9.22. The molecule has 2 rings (SSSR count). The normalized spacial score (nSPS) is 11.1. The molecule has 0 aliphatic carbocycles. The van der Waals surface area contributed by atoms with Gasteiger partial charge in [0.25, 0.3) is 0 Å². The number of hydrogen-bond acceptors (Lipinski definition) is 6. The van der Waals surface area contributed by atoms with Crippen molar-refractivity contribution in [2.24, 2.45) is 0 Å². The van der Waals surface area contributed by atoms with Crippen LogP contribution in [0.3, 0.4) is 0 Å². The summed E-state index contributed by atoms with van der Waals surface area (Å²) in [6.45, 7) is 0. The minimum absolute atomic E-state index is 0.0501. The fourth-order valence-corrected chi connectivity index (χ4v) is 1.72. The van der Waals surface area contributed by atoms with Crippen molar-refractivity contribution in [2.45, 2.75) is 0 Å². The van der Waals surface area contributed by atoms with Crippen LogP contribution in [-0.2, 0) is 0 Å². The number of H-pyrrole nitrogens is 1. The van der Waals surface area contributed by atoms with Crippen LogP contribution in [0.4, 0.5) is 5.69 Å². The maximum Gasteiger partial charge on any atom is 0.216 e. The highest BCUT2D eigenvalue weighted by Gasteiger charge is 2.11. The van der Waals surface area contributed by atoms with Crippen molar-refractivity contribution in [2.75, 3.05) is 5.32 Å². The molecule has 0 radical (unpaired) electrons. The van der Waals surface area contributed by atoms with Crippen LogP contribution in [0.1, 0.15) is 5.82 Å². The number of nitrogens with one attached hydrogen (secondary N) is 2. The molecule has 1 aromatic carbocycles. The van der Waals surface area contributed by atoms with E-state index in [0.717, 1.165) is 0 Å². The van der Waals surface area contributed by atoms with E-state index in [1.165, 1.54) is 18.3 Å². The van der Waals surface area contributed by atoms with Crippen LogP contribution in [-0.4, -0.2) is 25.7 Å². The molecular formula is C10H6Cl2N6O. The lowest BCUT2D eigenvalue weighted by atomic mass is 10.2. The van der Waals surface area contributed by atoms with Crippen molar-refractivity contribution in [3.05, 3.63) is 34.2 Å². The molecule has 0 saturated heterocycles. The molecule has 1 aromatic heterocycles. The maximum absolute atomic E-state index is 9.47. The van der Waals surface area contributed by atoms with Gasteiger partial charge in [0, 0.05) is 6.20 Å². The lowest BCUT2D eigenvalue weighted by Crippen LogP contribution is -1.94. The number of aromatic nitrogens is 4. The molecule has 0 aliphatic heterocycles. The average Bonchev–Trinajstić information content (AvgIpc) is 2.92. The summed E-state index contributed by atoms with van der Waals surface area (Å²) >= 11 is 11.8. The molecule has 9 heteroatoms. The standard InChI is InChI=1S/C10H6Cl2N6O/c11-6-1-2-7(19)8(12)9(6)14-4-5(3-13)10-15-17-18-16-10/h1-2,4,14,19H,(H,15,16,17,18). The van der Waals surface area contributed by atoms with Gasteiger partial charge in [-0.25, -0.2) is 0 Å². The molecule has 7 nitrogen and oxygen atoms in total. The minimum atomic E-state index is -0.125. The van der Waals surface area contributed by atoms with Crippen molar-refractivity contribution in [3.8, 4) is 11.8 Å². The van der Waals surface area contributed by atoms with Gasteiger partial charge in [-0.3, -0.25) is 0 Å². The number of nitriles is 1. The SMILES string of the molecule is N#CC(=CNc1c(Cl)ccc(O)c1Cl)c1nn[nH]n1. The van der Waals surface area contributed by atoms with Crippen LogP contribution in [0.15, 0.2) is 18.3 Å². The Kier molecular flexibility index (Phi) is 3.85. The summed E-state index contributed by atoms with van der Waals surface area (Å²) in [5.74, 6) is 0.00225. The van der Waals surface area contributed by atoms with E-state index in [9.17, 15) is 5.11 Å². The van der Waals surface area contributed by atoms with E-state index in [4.69, 9.17) is 28.5 Å². The molecule has 0 fully saturated rings. The first-order chi connectivity index (χ1) is 9.13. The molecule has 0 bridgehead atoms. The Morgan fingerprint density at radius 1 is 1.47 bits per heavy atom. The number of rotatable bonds is 3. The first kappa shape index (κ1) is 13.1. The van der Waals surface area contributed by atoms with Crippen molar-refractivity contribution >= 4 is 34.5 Å². The molecule has 0 amide bonds. The van der Waals surface area contributed by atoms with Gasteiger partial charge in [-0.2, -0.15) is 10.5 Å². The van der Waals surface area contributed by atoms with Crippen molar-refractivity contribution < 1.29 is 5.11 Å². The lowest BCUT2D eigenvalue weighted by molar-refractivity contribution is 0.476. The second-order valence-electron chi connectivity index (χ2n) is 3.31. The van der Waals surface area contributed by atoms with Crippen LogP contribution in [0.25, 0.3) is 5.57 Å². The molecular weight excluding hydrogens is 291 g/mol. The number of halogens is 2. The second-order valence-corrected chi connectivity index (χ2v) is 4.09. The molecule has 0 saturated carbocycles. The van der Waals surface area contributed by atoms with Crippen molar-refractivity contribution in [1.29, 1.82) is 5.26 Å². The second kappa shape index (κ2) is 5.56. The number of aromatic hydroxyl groups is 1. The Hall–Kier alpha value is -2.30. The van der Waals surface area contributed by atoms with Crippen LogP contribution < -0.4 is 5.32 Å². The van der Waals surface area contributed by atoms with E-state index in [0.29, 0.717) is 5.02 Å². The molecule has 0 atom stereocenters. The first-order valence-electron chi connectivity index (χ1n) is 4.91. The summed E-state index contributed by atoms with van der Waals surface area (Å²) in [6, 6.07) is 4.73. The Morgan fingerprint density at radius 2 is 2.26 bits per heavy atom. The summed E-state index contributed by atoms with van der Waals surface area (Å²) in [7, 11) is 0. The first-order valence-corrected chi connectivity index (χ1v) is 5.66. The monoisotopic (exact) mass is 296 g/mol. The molecule has 96 valence electrons. The highest BCUT2D eigenvalue weighted by Crippen LogP contribution is 2.37. The number of tetrazole rings is 1. The zero-order chi connectivity index (χ0) is 13.8. The largest absolute Gasteiger partial charge is 0.506 e. The summed E-state index contributed by atoms with van der Waals surface area (Å²) < 4.78 is 0. The molecule has 2 aromatic rings. The number of allylic oxidation sites excluding steroid dienone is 1. The van der Waals surface area contributed by atoms with Gasteiger partial charge < -0.3 is 10.4 Å². The van der Waals surface area contributed by atoms with E-state index in [2.05, 4.69) is 25.9 Å². The third-order valence-corrected chi connectivity index (χ3v) is 2.84. The zero-order valence-corrected chi connectivity index (χ0v) is 10.7. The van der Waals surface area contributed by atoms with Crippen LogP contribution in [0.2, 0.25) is 10.0 Å². The number of aromatic amines is 1. The predicted octanol–water partition coefficient (Wildman–Crippen LogP) is 2.19. The van der Waals surface area contributed by atoms with Crippen LogP contribution in [0, 0.1) is 11.3 Å². The highest BCUT2D eigenvalue weighted by atomic mass is 35.5. The van der Waals surface area contributed by atoms with E-state index < -0.39 is 0 Å². The smallest absolute Gasteiger partial charge is 0.216 e. The number of phenols is 1. The number of anilines is 1. The number of nitrogens with zero attached hydrogens (tertiary/aromatic N) is 4. The Bertz CT molecular complexity index is 661. The summed E-state index contributed by atoms with van der Waals surface area (Å²) in [6.07, 6.45) is 1.32. The van der Waals surface area contributed by atoms with Crippen LogP contribution >= 0.6 is 23.2 Å². The van der Waals surface area contributed by atoms with Gasteiger partial charge in [-0.1, -0.05) is 23.2 Å². The topological polar surface area (TPSA) is 111 Å². The predicted molar refractivity (Wildman–Crippen MR) is 69.5 cm³/mol. The van der Waals surface area contributed by atoms with Gasteiger partial charge in [0.15, 0.2) is 0 Å². The molecule has 0 aliphatic rings. The minimum Gasteiger partial charge on any atom is -0.506 e. The highest BCUT2D eigenvalue weighted by molar-refractivity contribution is 6.40. The third-order valence-electron chi connectivity index (χ3n) is 2.14. The number of hydrogen-bond donors (Lipinski definition) is 3. The lowest BCUT2D eigenvalue weighted by Gasteiger charge is -2.08. The van der Waals surface area contributed by atoms with Crippen molar-refractivity contribution in [1.82, 2.24) is 20.6 Å². The van der Waals surface area contributed by atoms with Gasteiger partial charge in [0.1, 0.15) is 22.4 Å². The molecule has 19 heavy (non-hydrogen) atoms. The van der Waals surface area contributed by atoms with E-state index in [1.807, 2.05) is 6.07 Å². The average molecular weight is 297 g/mol. The summed E-state index contributed by atoms with van der Waals surface area (Å²) in [5, 5.41) is 34.4. The van der Waals surface area contributed by atoms with Gasteiger partial charge >= 0.3 is 0 Å². The Labute approximate surface area is 117 Å². The Morgan fingerprint density at radius 3 is 2.89 bits per heavy atom. The fourth-order valence-electron chi connectivity index (χ4n) is 1.24. The van der Waals surface area contributed by atoms with E-state index in [-0.39, 0.29) is 27.9 Å². The number of phenolic OH excluding ortho intramolecular Hbond substituents is 1.